The molecule has 738 valence electrons. The molecule has 3 N–H and O–H groups in total. The van der Waals surface area contributed by atoms with Crippen molar-refractivity contribution >= 4 is 99.5 Å². The molecule has 2 saturated heterocycles. The van der Waals surface area contributed by atoms with Gasteiger partial charge in [-0.3, -0.25) is 9.59 Å². The van der Waals surface area contributed by atoms with Gasteiger partial charge in [-0.2, -0.15) is 83.4 Å². The predicted molar refractivity (Wildman–Crippen MR) is 471 cm³/mol. The van der Waals surface area contributed by atoms with Crippen molar-refractivity contribution < 1.29 is 171 Å². The SMILES string of the molecule is CC(=O)c1ccc(I)cc1.CC(=O)c1ccc(S(=O)c2ccccc2)cc1.CC(O)(CO)C(F)(F)F.CC1(c2ccc(S(=O)c3ccccc3)cc2)OCC(C)(C(F)(F)F)O1.CC1(c2ccc([S+](c3ccccc3)c3ccc(OC(C(F)(F)F)C(F)(F)S(=O)(=O)[O-])cc3)cc2)OCC(C)(C(F)(F)F)O1.C[N+](C)(C)Cc1ccccc1.O=S(=O)([O-])C(F)(F)C(O)C(F)(F)F.Sc1ccccc1. The minimum atomic E-state index is -6.73. The van der Waals surface area contributed by atoms with Crippen molar-refractivity contribution in [3.63, 3.8) is 0 Å². The van der Waals surface area contributed by atoms with Crippen molar-refractivity contribution in [3.8, 4) is 5.75 Å². The standard InChI is InChI=1S/C27H22F8O6S2.C18H17F3O3S.C14H12O2S.C10H16N.C8H7IO.C6H6S.C4H7F3O2.C3H3F5O4S/c1-23(27(33,34)35)16-39-24(2,41-23)17-8-12-20(13-9-17)42(19-6-4-3-5-7-19)21-14-10-18(11-15-21)40-22(25(28,29)30)26(31,32)43(36,37)38;1-16(18(19,20)21)12-23-17(2,24-16)13-8-10-15(11-9-13)25(22)14-6-4-3-5-7-14;1-11(15)12-7-9-14(10-8-12)17(16)13-5-3-2-4-6-13;1-11(2,3)9-10-7-5-4-6-8-10;1-6(10)7-2-4-8(9)5-3-7;7-6-4-2-1-3-5-6;1-3(9,2-8)4(5,6)7;4-2(5,6)1(9)3(7,8)13(10,11)12/h3-15,22H,16H2,1-2H3;3-11H,12H2,1-2H3;2-10H,1H3;4-8H,9H2,1-3H3;2-5H,1H3;1-5,7H;8-9H,2H2,1H3;1,9H,(H,10,11,12)/q;;;+1;;;;/p-1. The number of carbonyl (C=O) groups excluding carboxylic acids is 2. The van der Waals surface area contributed by atoms with Crippen LogP contribution < -0.4 is 4.74 Å². The lowest BCUT2D eigenvalue weighted by atomic mass is 10.1. The van der Waals surface area contributed by atoms with Gasteiger partial charge in [0.15, 0.2) is 74.9 Å². The molecule has 2 aliphatic rings. The van der Waals surface area contributed by atoms with Gasteiger partial charge in [-0.1, -0.05) is 140 Å². The second kappa shape index (κ2) is 47.7. The maximum atomic E-state index is 13.9. The first-order chi connectivity index (χ1) is 61.9. The van der Waals surface area contributed by atoms with E-state index in [0.717, 1.165) is 55.9 Å². The Bertz CT molecular complexity index is 5720. The number of ether oxygens (including phenoxy) is 5. The number of nitrogens with zero attached hydrogens (tertiary/aromatic N) is 1. The van der Waals surface area contributed by atoms with Gasteiger partial charge in [-0.15, -0.1) is 12.6 Å². The third kappa shape index (κ3) is 34.1. The van der Waals surface area contributed by atoms with E-state index in [4.69, 9.17) is 34.3 Å². The molecule has 10 aromatic carbocycles. The molecule has 2 heterocycles. The molecule has 0 spiro atoms. The average molecular weight is 2150 g/mol. The highest BCUT2D eigenvalue weighted by molar-refractivity contribution is 14.1. The molecule has 0 radical (unpaired) electrons. The van der Waals surface area contributed by atoms with Crippen molar-refractivity contribution in [1.29, 1.82) is 0 Å². The van der Waals surface area contributed by atoms with E-state index in [2.05, 4.69) is 91.4 Å². The topological polar surface area (TPSA) is 290 Å². The Morgan fingerprint density at radius 2 is 0.793 bits per heavy atom. The monoisotopic (exact) mass is 2150 g/mol. The lowest BCUT2D eigenvalue weighted by Gasteiger charge is -2.30. The van der Waals surface area contributed by atoms with Gasteiger partial charge >= 0.3 is 41.4 Å². The van der Waals surface area contributed by atoms with Crippen LogP contribution in [0.3, 0.4) is 0 Å². The number of ketones is 2. The summed E-state index contributed by atoms with van der Waals surface area (Å²) in [6, 6.07) is 78.6. The summed E-state index contributed by atoms with van der Waals surface area (Å²) in [5, 5.41) is 12.5. The number of hydrogen-bond acceptors (Lipinski definition) is 19. The van der Waals surface area contributed by atoms with Crippen LogP contribution in [0, 0.1) is 3.57 Å². The zero-order valence-electron chi connectivity index (χ0n) is 72.4. The molecule has 12 rings (SSSR count). The van der Waals surface area contributed by atoms with Crippen LogP contribution in [0.4, 0.5) is 83.4 Å². The number of benzene rings is 10. The second-order valence-corrected chi connectivity index (χ2v) is 40.4. The number of Topliss-reactive ketones (excluding diaryl/α,β-unsaturated/α-hetero) is 2. The molecule has 0 bridgehead atoms. The molecule has 10 atom stereocenters. The van der Waals surface area contributed by atoms with Crippen molar-refractivity contribution in [1.82, 2.24) is 0 Å². The summed E-state index contributed by atoms with van der Waals surface area (Å²) in [6.07, 6.45) is -34.5. The van der Waals surface area contributed by atoms with E-state index in [9.17, 15) is 127 Å². The smallest absolute Gasteiger partial charge is 0.432 e. The number of aliphatic hydroxyl groups is 3. The van der Waals surface area contributed by atoms with Gasteiger partial charge in [0.25, 0.3) is 6.10 Å². The molecule has 19 nitrogen and oxygen atoms in total. The first-order valence-electron chi connectivity index (χ1n) is 38.8. The van der Waals surface area contributed by atoms with Crippen LogP contribution >= 0.6 is 35.2 Å². The van der Waals surface area contributed by atoms with Crippen LogP contribution in [0.1, 0.15) is 85.9 Å². The Morgan fingerprint density at radius 1 is 0.481 bits per heavy atom. The molecule has 0 amide bonds. The number of thiol groups is 1. The van der Waals surface area contributed by atoms with Gasteiger partial charge in [-0.25, -0.2) is 25.3 Å². The number of halogens is 20. The summed E-state index contributed by atoms with van der Waals surface area (Å²) < 4.78 is 353. The van der Waals surface area contributed by atoms with Crippen LogP contribution in [-0.2, 0) is 89.8 Å². The molecular weight excluding hydrogens is 2060 g/mol. The Morgan fingerprint density at radius 3 is 1.07 bits per heavy atom. The van der Waals surface area contributed by atoms with E-state index in [0.29, 0.717) is 47.4 Å². The first kappa shape index (κ1) is 117. The van der Waals surface area contributed by atoms with Crippen LogP contribution in [-0.4, -0.2) is 177 Å². The predicted octanol–water partition coefficient (Wildman–Crippen LogP) is 20.9. The highest BCUT2D eigenvalue weighted by Gasteiger charge is 2.65. The summed E-state index contributed by atoms with van der Waals surface area (Å²) in [4.78, 5) is 27.4. The Labute approximate surface area is 792 Å². The number of alkyl halides is 19. The molecule has 0 aliphatic carbocycles. The van der Waals surface area contributed by atoms with Crippen molar-refractivity contribution in [2.24, 2.45) is 0 Å². The van der Waals surface area contributed by atoms with Gasteiger partial charge in [0, 0.05) is 55.9 Å². The Kier molecular flexibility index (Phi) is 41.3. The summed E-state index contributed by atoms with van der Waals surface area (Å²) in [7, 11) is -10.2. The fourth-order valence-corrected chi connectivity index (χ4v) is 16.5. The van der Waals surface area contributed by atoms with E-state index in [-0.39, 0.29) is 17.1 Å². The lowest BCUT2D eigenvalue weighted by Crippen LogP contribution is -2.53. The van der Waals surface area contributed by atoms with Crippen LogP contribution in [0.25, 0.3) is 0 Å². The molecule has 10 unspecified atom stereocenters. The summed E-state index contributed by atoms with van der Waals surface area (Å²) in [5.74, 6) is -3.85. The number of carbonyl (C=O) groups is 2. The fourth-order valence-electron chi connectivity index (χ4n) is 10.9. The molecule has 10 aromatic rings. The minimum Gasteiger partial charge on any atom is -0.743 e. The molecule has 2 aliphatic heterocycles. The summed E-state index contributed by atoms with van der Waals surface area (Å²) in [6.45, 7) is 6.74. The van der Waals surface area contributed by atoms with Crippen molar-refractivity contribution in [3.05, 3.63) is 304 Å². The zero-order valence-corrected chi connectivity index (χ0v) is 79.6. The van der Waals surface area contributed by atoms with Crippen molar-refractivity contribution in [2.75, 3.05) is 41.0 Å². The highest BCUT2D eigenvalue weighted by Crippen LogP contribution is 2.49. The number of quaternary nitrogens is 1. The van der Waals surface area contributed by atoms with E-state index >= 15 is 0 Å². The molecular formula is C90H89F19INO18S6. The molecule has 45 heteroatoms. The molecule has 0 saturated carbocycles. The second-order valence-electron chi connectivity index (χ2n) is 30.8. The summed E-state index contributed by atoms with van der Waals surface area (Å²) >= 11 is 6.29. The molecule has 135 heavy (non-hydrogen) atoms. The summed E-state index contributed by atoms with van der Waals surface area (Å²) in [5.41, 5.74) is -4.29. The maximum Gasteiger partial charge on any atom is 0.432 e. The quantitative estimate of drug-likeness (QED) is 0.0105. The van der Waals surface area contributed by atoms with Gasteiger partial charge in [0.2, 0.25) is 6.10 Å². The fraction of sp³-hybridized carbons (Fsp3) is 0.311. The first-order valence-corrected chi connectivity index (χ1v) is 46.6. The van der Waals surface area contributed by atoms with Crippen LogP contribution in [0.2, 0.25) is 0 Å². The van der Waals surface area contributed by atoms with Crippen LogP contribution in [0.15, 0.2) is 312 Å². The van der Waals surface area contributed by atoms with Gasteiger partial charge in [-0.05, 0) is 205 Å². The highest BCUT2D eigenvalue weighted by atomic mass is 127. The maximum absolute atomic E-state index is 13.9. The molecule has 0 aromatic heterocycles. The number of aliphatic hydroxyl groups excluding tert-OH is 2. The normalized spacial score (nSPS) is 19.1. The van der Waals surface area contributed by atoms with E-state index in [1.165, 1.54) is 50.6 Å². The third-order valence-corrected chi connectivity index (χ3v) is 26.3. The van der Waals surface area contributed by atoms with Crippen molar-refractivity contribution in [2.45, 2.75) is 176 Å². The number of hydrogen-bond donors (Lipinski definition) is 4. The third-order valence-electron chi connectivity index (χ3n) is 18.5. The van der Waals surface area contributed by atoms with Gasteiger partial charge < -0.3 is 52.6 Å². The zero-order chi connectivity index (χ0) is 102. The minimum absolute atomic E-state index is 0.0158. The van der Waals surface area contributed by atoms with E-state index in [1.807, 2.05) is 91.0 Å². The lowest BCUT2D eigenvalue weighted by molar-refractivity contribution is -0.884. The van der Waals surface area contributed by atoms with E-state index in [1.54, 1.807) is 122 Å². The Balaban J connectivity index is 0.000000297. The van der Waals surface area contributed by atoms with Crippen LogP contribution in [0.5, 0.6) is 5.75 Å². The van der Waals surface area contributed by atoms with E-state index < -0.39 is 160 Å². The van der Waals surface area contributed by atoms with Gasteiger partial charge in [0.1, 0.15) is 12.3 Å². The molecule has 2 fully saturated rings. The number of rotatable bonds is 20. The average Bonchev–Trinajstić information content (AvgIpc) is 1.60. The Hall–Kier alpha value is -8.76. The largest absolute Gasteiger partial charge is 0.743 e. The van der Waals surface area contributed by atoms with Gasteiger partial charge in [0.05, 0.1) is 73.5 Å².